The number of benzene rings is 1. The van der Waals surface area contributed by atoms with Gasteiger partial charge in [0.05, 0.1) is 16.4 Å². The molecule has 1 aromatic carbocycles. The van der Waals surface area contributed by atoms with Crippen LogP contribution >= 0.6 is 15.9 Å². The second kappa shape index (κ2) is 5.66. The first-order valence-electron chi connectivity index (χ1n) is 6.62. The Bertz CT molecular complexity index is 612. The van der Waals surface area contributed by atoms with Crippen LogP contribution in [-0.2, 0) is 5.60 Å². The van der Waals surface area contributed by atoms with Crippen LogP contribution in [0.15, 0.2) is 34.9 Å². The molecule has 0 aliphatic heterocycles. The quantitative estimate of drug-likeness (QED) is 0.912. The molecule has 108 valence electrons. The van der Waals surface area contributed by atoms with Crippen molar-refractivity contribution in [3.63, 3.8) is 0 Å². The highest BCUT2D eigenvalue weighted by Gasteiger charge is 2.36. The predicted octanol–water partition coefficient (Wildman–Crippen LogP) is 4.01. The summed E-state index contributed by atoms with van der Waals surface area (Å²) in [4.78, 5) is 0. The lowest BCUT2D eigenvalue weighted by atomic mass is 9.87. The molecule has 0 fully saturated rings. The van der Waals surface area contributed by atoms with Gasteiger partial charge in [-0.2, -0.15) is 5.10 Å². The van der Waals surface area contributed by atoms with E-state index in [0.29, 0.717) is 17.7 Å². The van der Waals surface area contributed by atoms with E-state index in [-0.39, 0.29) is 11.9 Å². The van der Waals surface area contributed by atoms with Crippen molar-refractivity contribution in [1.82, 2.24) is 9.78 Å². The molecule has 0 aliphatic carbocycles. The van der Waals surface area contributed by atoms with Crippen LogP contribution in [0.4, 0.5) is 4.39 Å². The van der Waals surface area contributed by atoms with Crippen LogP contribution in [0.25, 0.3) is 0 Å². The first-order chi connectivity index (χ1) is 9.40. The van der Waals surface area contributed by atoms with Gasteiger partial charge < -0.3 is 5.11 Å². The number of hydrogen-bond donors (Lipinski definition) is 1. The zero-order valence-electron chi connectivity index (χ0n) is 11.8. The summed E-state index contributed by atoms with van der Waals surface area (Å²) in [6, 6.07) is 6.18. The van der Waals surface area contributed by atoms with Crippen molar-refractivity contribution < 1.29 is 9.50 Å². The van der Waals surface area contributed by atoms with Gasteiger partial charge in [0.25, 0.3) is 0 Å². The molecule has 0 saturated carbocycles. The maximum Gasteiger partial charge on any atom is 0.132 e. The Kier molecular flexibility index (Phi) is 4.30. The summed E-state index contributed by atoms with van der Waals surface area (Å²) in [6.07, 6.45) is 2.09. The summed E-state index contributed by atoms with van der Waals surface area (Å²) >= 11 is 3.44. The van der Waals surface area contributed by atoms with E-state index in [0.717, 1.165) is 4.47 Å². The second-order valence-corrected chi connectivity index (χ2v) is 5.96. The molecule has 0 saturated heterocycles. The standard InChI is InChI=1S/C15H18BrFN2O/c1-4-15(20,11-6-5-7-12(17)8-11)14-13(16)9-18-19(14)10(2)3/h5-10,20H,4H2,1-3H3. The zero-order chi connectivity index (χ0) is 14.9. The van der Waals surface area contributed by atoms with Crippen molar-refractivity contribution in [1.29, 1.82) is 0 Å². The molecule has 0 bridgehead atoms. The van der Waals surface area contributed by atoms with Gasteiger partial charge >= 0.3 is 0 Å². The Balaban J connectivity index is 2.65. The van der Waals surface area contributed by atoms with Crippen LogP contribution in [0, 0.1) is 5.82 Å². The third kappa shape index (κ3) is 2.52. The third-order valence-electron chi connectivity index (χ3n) is 3.45. The van der Waals surface area contributed by atoms with Gasteiger partial charge in [0.2, 0.25) is 0 Å². The van der Waals surface area contributed by atoms with E-state index in [9.17, 15) is 9.50 Å². The van der Waals surface area contributed by atoms with Crippen molar-refractivity contribution in [3.05, 3.63) is 52.0 Å². The lowest BCUT2D eigenvalue weighted by molar-refractivity contribution is 0.0641. The zero-order valence-corrected chi connectivity index (χ0v) is 13.4. The summed E-state index contributed by atoms with van der Waals surface area (Å²) < 4.78 is 16.0. The number of aliphatic hydroxyl groups is 1. The number of hydrogen-bond acceptors (Lipinski definition) is 2. The molecular weight excluding hydrogens is 323 g/mol. The van der Waals surface area contributed by atoms with Crippen LogP contribution in [0.1, 0.15) is 44.5 Å². The minimum absolute atomic E-state index is 0.0999. The number of halogens is 2. The summed E-state index contributed by atoms with van der Waals surface area (Å²) in [5.74, 6) is -0.360. The first kappa shape index (κ1) is 15.2. The van der Waals surface area contributed by atoms with E-state index in [1.165, 1.54) is 12.1 Å². The maximum absolute atomic E-state index is 13.5. The third-order valence-corrected chi connectivity index (χ3v) is 4.03. The van der Waals surface area contributed by atoms with Crippen molar-refractivity contribution in [3.8, 4) is 0 Å². The monoisotopic (exact) mass is 340 g/mol. The topological polar surface area (TPSA) is 38.1 Å². The molecule has 0 radical (unpaired) electrons. The highest BCUT2D eigenvalue weighted by Crippen LogP contribution is 2.38. The van der Waals surface area contributed by atoms with Gasteiger partial charge in [-0.25, -0.2) is 4.39 Å². The van der Waals surface area contributed by atoms with Crippen molar-refractivity contribution in [2.75, 3.05) is 0 Å². The van der Waals surface area contributed by atoms with Gasteiger partial charge in [0.15, 0.2) is 0 Å². The van der Waals surface area contributed by atoms with E-state index in [1.807, 2.05) is 20.8 Å². The molecule has 1 unspecified atom stereocenters. The number of nitrogens with zero attached hydrogens (tertiary/aromatic N) is 2. The molecule has 1 atom stereocenters. The van der Waals surface area contributed by atoms with E-state index in [2.05, 4.69) is 21.0 Å². The van der Waals surface area contributed by atoms with Gasteiger partial charge in [-0.3, -0.25) is 4.68 Å². The maximum atomic E-state index is 13.5. The average molecular weight is 341 g/mol. The number of rotatable bonds is 4. The van der Waals surface area contributed by atoms with Crippen molar-refractivity contribution in [2.24, 2.45) is 0 Å². The minimum atomic E-state index is -1.28. The molecule has 1 heterocycles. The molecule has 2 rings (SSSR count). The summed E-state index contributed by atoms with van der Waals surface area (Å²) in [5, 5.41) is 15.4. The van der Waals surface area contributed by atoms with E-state index in [4.69, 9.17) is 0 Å². The van der Waals surface area contributed by atoms with Gasteiger partial charge in [0, 0.05) is 6.04 Å². The average Bonchev–Trinajstić information content (AvgIpc) is 2.80. The fourth-order valence-electron chi connectivity index (χ4n) is 2.37. The normalized spacial score (nSPS) is 14.6. The summed E-state index contributed by atoms with van der Waals surface area (Å²) in [5.41, 5.74) is -0.0921. The van der Waals surface area contributed by atoms with Gasteiger partial charge in [0.1, 0.15) is 11.4 Å². The van der Waals surface area contributed by atoms with E-state index >= 15 is 0 Å². The van der Waals surface area contributed by atoms with Crippen LogP contribution in [0.3, 0.4) is 0 Å². The molecule has 1 aromatic heterocycles. The number of aromatic nitrogens is 2. The molecule has 0 spiro atoms. The van der Waals surface area contributed by atoms with Crippen LogP contribution in [-0.4, -0.2) is 14.9 Å². The fourth-order valence-corrected chi connectivity index (χ4v) is 2.98. The van der Waals surface area contributed by atoms with Crippen molar-refractivity contribution in [2.45, 2.75) is 38.8 Å². The summed E-state index contributed by atoms with van der Waals surface area (Å²) in [7, 11) is 0. The van der Waals surface area contributed by atoms with Crippen molar-refractivity contribution >= 4 is 15.9 Å². The highest BCUT2D eigenvalue weighted by atomic mass is 79.9. The SMILES string of the molecule is CCC(O)(c1cccc(F)c1)c1c(Br)cnn1C(C)C. The Hall–Kier alpha value is -1.20. The Morgan fingerprint density at radius 2 is 2.15 bits per heavy atom. The van der Waals surface area contributed by atoms with Gasteiger partial charge in [-0.15, -0.1) is 0 Å². The van der Waals surface area contributed by atoms with Crippen LogP contribution in [0.2, 0.25) is 0 Å². The molecule has 20 heavy (non-hydrogen) atoms. The summed E-state index contributed by atoms with van der Waals surface area (Å²) in [6.45, 7) is 5.85. The largest absolute Gasteiger partial charge is 0.379 e. The van der Waals surface area contributed by atoms with Gasteiger partial charge in [-0.1, -0.05) is 19.1 Å². The molecular formula is C15H18BrFN2O. The van der Waals surface area contributed by atoms with Crippen LogP contribution < -0.4 is 0 Å². The predicted molar refractivity (Wildman–Crippen MR) is 80.0 cm³/mol. The smallest absolute Gasteiger partial charge is 0.132 e. The Morgan fingerprint density at radius 1 is 1.45 bits per heavy atom. The Labute approximate surface area is 126 Å². The molecule has 1 N–H and O–H groups in total. The lowest BCUT2D eigenvalue weighted by Crippen LogP contribution is -2.31. The second-order valence-electron chi connectivity index (χ2n) is 5.10. The molecule has 0 amide bonds. The lowest BCUT2D eigenvalue weighted by Gasteiger charge is -2.30. The van der Waals surface area contributed by atoms with E-state index < -0.39 is 5.60 Å². The molecule has 2 aromatic rings. The van der Waals surface area contributed by atoms with E-state index in [1.54, 1.807) is 23.0 Å². The highest BCUT2D eigenvalue weighted by molar-refractivity contribution is 9.10. The first-order valence-corrected chi connectivity index (χ1v) is 7.41. The Morgan fingerprint density at radius 3 is 2.70 bits per heavy atom. The fraction of sp³-hybridized carbons (Fsp3) is 0.400. The molecule has 5 heteroatoms. The van der Waals surface area contributed by atoms with Gasteiger partial charge in [-0.05, 0) is 53.9 Å². The molecule has 3 nitrogen and oxygen atoms in total. The molecule has 0 aliphatic rings. The minimum Gasteiger partial charge on any atom is -0.379 e. The van der Waals surface area contributed by atoms with Crippen LogP contribution in [0.5, 0.6) is 0 Å².